The molecule has 0 aliphatic heterocycles. The van der Waals surface area contributed by atoms with Crippen LogP contribution >= 0.6 is 24.4 Å². The number of fused-ring (bicyclic) bond motifs is 5. The van der Waals surface area contributed by atoms with Crippen LogP contribution in [0.15, 0.2) is 28.9 Å². The van der Waals surface area contributed by atoms with Crippen LogP contribution in [0.2, 0.25) is 0 Å². The van der Waals surface area contributed by atoms with Gasteiger partial charge in [0.15, 0.2) is 5.11 Å². The minimum Gasteiger partial charge on any atom is -0.375 e. The van der Waals surface area contributed by atoms with Crippen molar-refractivity contribution in [1.29, 1.82) is 0 Å². The third kappa shape index (κ3) is 2.62. The summed E-state index contributed by atoms with van der Waals surface area (Å²) in [6.07, 6.45) is 14.1. The van der Waals surface area contributed by atoms with Crippen molar-refractivity contribution in [3.8, 4) is 0 Å². The summed E-state index contributed by atoms with van der Waals surface area (Å²) in [6.45, 7) is 4.86. The molecular weight excluding hydrogens is 346 g/mol. The van der Waals surface area contributed by atoms with E-state index >= 15 is 0 Å². The zero-order chi connectivity index (χ0) is 17.8. The highest BCUT2D eigenvalue weighted by Crippen LogP contribution is 2.63. The van der Waals surface area contributed by atoms with Gasteiger partial charge >= 0.3 is 0 Å². The third-order valence-corrected chi connectivity index (χ3v) is 7.94. The lowest BCUT2D eigenvalue weighted by Crippen LogP contribution is -2.49. The molecule has 0 heterocycles. The molecule has 134 valence electrons. The predicted octanol–water partition coefficient (Wildman–Crippen LogP) is 4.28. The first-order valence-corrected chi connectivity index (χ1v) is 10.2. The van der Waals surface area contributed by atoms with Crippen LogP contribution < -0.4 is 11.2 Å². The molecular formula is C20H27N3S2. The van der Waals surface area contributed by atoms with Crippen LogP contribution in [0, 0.1) is 28.6 Å². The summed E-state index contributed by atoms with van der Waals surface area (Å²) in [6, 6.07) is 0. The molecule has 0 aromatic heterocycles. The molecule has 0 radical (unpaired) electrons. The highest BCUT2D eigenvalue weighted by atomic mass is 32.1. The van der Waals surface area contributed by atoms with Gasteiger partial charge in [-0.3, -0.25) is 5.43 Å². The van der Waals surface area contributed by atoms with Crippen molar-refractivity contribution >= 4 is 40.1 Å². The van der Waals surface area contributed by atoms with Crippen LogP contribution in [-0.4, -0.2) is 15.7 Å². The Morgan fingerprint density at radius 3 is 2.80 bits per heavy atom. The second-order valence-electron chi connectivity index (χ2n) is 8.63. The first-order chi connectivity index (χ1) is 11.8. The molecule has 4 aliphatic carbocycles. The van der Waals surface area contributed by atoms with Crippen molar-refractivity contribution in [2.24, 2.45) is 39.4 Å². The molecule has 0 amide bonds. The molecule has 3 N–H and O–H groups in total. The summed E-state index contributed by atoms with van der Waals surface area (Å²) in [5.74, 6) is 2.22. The number of hydrogen-bond acceptors (Lipinski definition) is 3. The van der Waals surface area contributed by atoms with Gasteiger partial charge in [-0.25, -0.2) is 0 Å². The van der Waals surface area contributed by atoms with Gasteiger partial charge in [0.1, 0.15) is 0 Å². The van der Waals surface area contributed by atoms with Crippen molar-refractivity contribution in [3.05, 3.63) is 23.8 Å². The minimum absolute atomic E-state index is 0.198. The van der Waals surface area contributed by atoms with Crippen molar-refractivity contribution in [2.75, 3.05) is 0 Å². The zero-order valence-electron chi connectivity index (χ0n) is 15.0. The Labute approximate surface area is 161 Å². The van der Waals surface area contributed by atoms with Gasteiger partial charge in [0.25, 0.3) is 0 Å². The van der Waals surface area contributed by atoms with E-state index in [9.17, 15) is 0 Å². The number of thiocarbonyl (C=S) groups is 2. The van der Waals surface area contributed by atoms with Crippen molar-refractivity contribution < 1.29 is 0 Å². The summed E-state index contributed by atoms with van der Waals surface area (Å²) in [7, 11) is 0. The van der Waals surface area contributed by atoms with E-state index in [1.807, 2.05) is 0 Å². The number of rotatable bonds is 1. The molecule has 0 bridgehead atoms. The lowest BCUT2D eigenvalue weighted by Gasteiger charge is -2.56. The quantitative estimate of drug-likeness (QED) is 0.532. The molecule has 0 saturated heterocycles. The number of hydrogen-bond donors (Lipinski definition) is 2. The fraction of sp³-hybridized carbons (Fsp3) is 0.650. The summed E-state index contributed by atoms with van der Waals surface area (Å²) >= 11 is 10.4. The number of nitrogens with zero attached hydrogens (tertiary/aromatic N) is 1. The SMILES string of the molecule is C[C@]12C=CC(=S)C=C1CC[C@@H]1[C@@H]2CC[C@]2(C)/C(=N\NC(N)=S)CC[C@@H]12. The van der Waals surface area contributed by atoms with Gasteiger partial charge < -0.3 is 5.73 Å². The van der Waals surface area contributed by atoms with E-state index in [-0.39, 0.29) is 15.9 Å². The van der Waals surface area contributed by atoms with Crippen LogP contribution in [0.5, 0.6) is 0 Å². The van der Waals surface area contributed by atoms with Gasteiger partial charge in [-0.1, -0.05) is 37.7 Å². The smallest absolute Gasteiger partial charge is 0.184 e. The van der Waals surface area contributed by atoms with Crippen molar-refractivity contribution in [3.63, 3.8) is 0 Å². The first-order valence-electron chi connectivity index (χ1n) is 9.41. The molecule has 4 aliphatic rings. The Bertz CT molecular complexity index is 722. The normalized spacial score (nSPS) is 43.9. The molecule has 5 atom stereocenters. The maximum atomic E-state index is 5.58. The molecule has 0 spiro atoms. The van der Waals surface area contributed by atoms with Gasteiger partial charge in [0, 0.05) is 21.4 Å². The Hall–Kier alpha value is -1.07. The topological polar surface area (TPSA) is 50.4 Å². The molecule has 4 rings (SSSR count). The van der Waals surface area contributed by atoms with Crippen LogP contribution in [0.25, 0.3) is 0 Å². The number of nitrogens with two attached hydrogens (primary N) is 1. The van der Waals surface area contributed by atoms with Crippen LogP contribution in [0.3, 0.4) is 0 Å². The minimum atomic E-state index is 0.198. The second-order valence-corrected chi connectivity index (χ2v) is 9.54. The van der Waals surface area contributed by atoms with E-state index in [0.29, 0.717) is 0 Å². The lowest BCUT2D eigenvalue weighted by molar-refractivity contribution is 0.00662. The van der Waals surface area contributed by atoms with E-state index in [1.54, 1.807) is 5.57 Å². The van der Waals surface area contributed by atoms with Crippen molar-refractivity contribution in [1.82, 2.24) is 5.43 Å². The standard InChI is InChI=1S/C20H27N3S2/c1-19-9-7-13(24)11-12(19)3-4-14-15-5-6-17(22-23-18(21)25)20(15,2)10-8-16(14)19/h7,9,11,14-16H,3-6,8,10H2,1-2H3,(H3,21,23,25)/b22-17-/t14-,15-,16-,19-,20-/m0/s1. The summed E-state index contributed by atoms with van der Waals surface area (Å²) in [4.78, 5) is 0.991. The zero-order valence-corrected chi connectivity index (χ0v) is 16.7. The lowest BCUT2D eigenvalue weighted by atomic mass is 9.48. The molecule has 0 aromatic rings. The van der Waals surface area contributed by atoms with E-state index in [0.717, 1.165) is 29.0 Å². The average Bonchev–Trinajstić information content (AvgIpc) is 2.90. The highest BCUT2D eigenvalue weighted by Gasteiger charge is 2.57. The Balaban J connectivity index is 1.63. The molecule has 3 saturated carbocycles. The highest BCUT2D eigenvalue weighted by molar-refractivity contribution is 7.81. The van der Waals surface area contributed by atoms with Crippen LogP contribution in [0.1, 0.15) is 52.4 Å². The van der Waals surface area contributed by atoms with E-state index in [2.05, 4.69) is 42.6 Å². The number of nitrogens with one attached hydrogen (secondary N) is 1. The Morgan fingerprint density at radius 1 is 1.24 bits per heavy atom. The van der Waals surface area contributed by atoms with Gasteiger partial charge in [-0.05, 0) is 80.6 Å². The van der Waals surface area contributed by atoms with E-state index in [1.165, 1.54) is 37.8 Å². The molecule has 3 fully saturated rings. The van der Waals surface area contributed by atoms with Crippen molar-refractivity contribution in [2.45, 2.75) is 52.4 Å². The monoisotopic (exact) mass is 373 g/mol. The largest absolute Gasteiger partial charge is 0.375 e. The van der Waals surface area contributed by atoms with Crippen LogP contribution in [-0.2, 0) is 0 Å². The Kier molecular flexibility index (Phi) is 4.15. The molecule has 3 nitrogen and oxygen atoms in total. The van der Waals surface area contributed by atoms with Gasteiger partial charge in [0.05, 0.1) is 0 Å². The fourth-order valence-corrected chi connectivity index (χ4v) is 6.55. The average molecular weight is 374 g/mol. The second kappa shape index (κ2) is 5.98. The summed E-state index contributed by atoms with van der Waals surface area (Å²) < 4.78 is 0. The van der Waals surface area contributed by atoms with Gasteiger partial charge in [-0.15, -0.1) is 0 Å². The number of allylic oxidation sites excluding steroid dienone is 4. The first kappa shape index (κ1) is 17.3. The van der Waals surface area contributed by atoms with Crippen LogP contribution in [0.4, 0.5) is 0 Å². The summed E-state index contributed by atoms with van der Waals surface area (Å²) in [5, 5.41) is 4.84. The molecule has 5 heteroatoms. The molecule has 25 heavy (non-hydrogen) atoms. The Morgan fingerprint density at radius 2 is 2.04 bits per heavy atom. The third-order valence-electron chi connectivity index (χ3n) is 7.60. The fourth-order valence-electron chi connectivity index (χ4n) is 6.29. The van der Waals surface area contributed by atoms with E-state index < -0.39 is 0 Å². The van der Waals surface area contributed by atoms with Gasteiger partial charge in [-0.2, -0.15) is 5.10 Å². The van der Waals surface area contributed by atoms with E-state index in [4.69, 9.17) is 30.2 Å². The maximum Gasteiger partial charge on any atom is 0.184 e. The summed E-state index contributed by atoms with van der Waals surface area (Å²) in [5.41, 5.74) is 11.6. The molecule has 0 unspecified atom stereocenters. The van der Waals surface area contributed by atoms with Gasteiger partial charge in [0.2, 0.25) is 0 Å². The molecule has 0 aromatic carbocycles. The number of hydrazone groups is 1. The predicted molar refractivity (Wildman–Crippen MR) is 112 cm³/mol. The maximum absolute atomic E-state index is 5.58.